The van der Waals surface area contributed by atoms with Gasteiger partial charge in [0.25, 0.3) is 0 Å². The Morgan fingerprint density at radius 3 is 3.14 bits per heavy atom. The number of fused-ring (bicyclic) bond motifs is 1. The molecule has 0 aromatic carbocycles. The van der Waals surface area contributed by atoms with Gasteiger partial charge in [-0.15, -0.1) is 0 Å². The van der Waals surface area contributed by atoms with E-state index in [9.17, 15) is 9.90 Å². The molecular formula is C13H15ClN4O3. The number of nitrogens with zero attached hydrogens (tertiary/aromatic N) is 3. The maximum absolute atomic E-state index is 11.4. The van der Waals surface area contributed by atoms with Gasteiger partial charge in [0.2, 0.25) is 0 Å². The summed E-state index contributed by atoms with van der Waals surface area (Å²) in [5, 5.41) is 16.9. The number of aromatic nitrogens is 3. The van der Waals surface area contributed by atoms with Crippen LogP contribution in [0.15, 0.2) is 12.3 Å². The Bertz CT molecular complexity index is 681. The molecule has 1 saturated heterocycles. The zero-order valence-corrected chi connectivity index (χ0v) is 12.2. The van der Waals surface area contributed by atoms with Crippen molar-refractivity contribution in [1.29, 1.82) is 0 Å². The van der Waals surface area contributed by atoms with Crippen LogP contribution in [0.2, 0.25) is 5.15 Å². The molecule has 112 valence electrons. The molecular weight excluding hydrogens is 296 g/mol. The molecule has 8 heteroatoms. The summed E-state index contributed by atoms with van der Waals surface area (Å²) < 4.78 is 7.39. The topological polar surface area (TPSA) is 88.8 Å². The Balaban J connectivity index is 2.04. The van der Waals surface area contributed by atoms with Gasteiger partial charge in [0.15, 0.2) is 10.8 Å². The molecule has 0 radical (unpaired) electrons. The first kappa shape index (κ1) is 14.2. The number of rotatable bonds is 4. The van der Waals surface area contributed by atoms with Crippen molar-refractivity contribution in [3.8, 4) is 0 Å². The van der Waals surface area contributed by atoms with Crippen LogP contribution in [0.1, 0.15) is 35.5 Å². The van der Waals surface area contributed by atoms with E-state index in [1.807, 2.05) is 6.92 Å². The smallest absolute Gasteiger partial charge is 0.339 e. The number of carboxylic acids is 1. The molecule has 0 spiro atoms. The van der Waals surface area contributed by atoms with Crippen LogP contribution >= 0.6 is 11.6 Å². The van der Waals surface area contributed by atoms with E-state index in [2.05, 4.69) is 15.4 Å². The molecule has 2 aromatic rings. The van der Waals surface area contributed by atoms with Crippen molar-refractivity contribution in [2.24, 2.45) is 0 Å². The van der Waals surface area contributed by atoms with Crippen LogP contribution in [0.4, 0.5) is 0 Å². The molecule has 21 heavy (non-hydrogen) atoms. The minimum atomic E-state index is -1.06. The zero-order valence-electron chi connectivity index (χ0n) is 11.4. The van der Waals surface area contributed by atoms with Crippen molar-refractivity contribution in [2.45, 2.75) is 25.6 Å². The van der Waals surface area contributed by atoms with E-state index in [4.69, 9.17) is 16.3 Å². The van der Waals surface area contributed by atoms with Crippen LogP contribution in [0, 0.1) is 0 Å². The number of hydrogen-bond acceptors (Lipinski definition) is 5. The molecule has 7 nitrogen and oxygen atoms in total. The highest BCUT2D eigenvalue weighted by Gasteiger charge is 2.25. The van der Waals surface area contributed by atoms with Gasteiger partial charge in [-0.05, 0) is 19.9 Å². The molecule has 1 aliphatic heterocycles. The Kier molecular flexibility index (Phi) is 3.79. The Morgan fingerprint density at radius 2 is 2.48 bits per heavy atom. The first-order valence-corrected chi connectivity index (χ1v) is 7.07. The summed E-state index contributed by atoms with van der Waals surface area (Å²) in [6.45, 7) is 3.48. The summed E-state index contributed by atoms with van der Waals surface area (Å²) in [7, 11) is 0. The van der Waals surface area contributed by atoms with Crippen molar-refractivity contribution in [1.82, 2.24) is 19.9 Å². The fraction of sp³-hybridized carbons (Fsp3) is 0.462. The molecule has 0 unspecified atom stereocenters. The minimum absolute atomic E-state index is 0.0656. The highest BCUT2D eigenvalue weighted by molar-refractivity contribution is 6.29. The summed E-state index contributed by atoms with van der Waals surface area (Å²) in [4.78, 5) is 15.5. The van der Waals surface area contributed by atoms with Crippen molar-refractivity contribution in [2.75, 3.05) is 13.1 Å². The van der Waals surface area contributed by atoms with E-state index < -0.39 is 12.1 Å². The highest BCUT2D eigenvalue weighted by Crippen LogP contribution is 2.25. The van der Waals surface area contributed by atoms with E-state index >= 15 is 0 Å². The average Bonchev–Trinajstić information content (AvgIpc) is 3.04. The largest absolute Gasteiger partial charge is 0.478 e. The fourth-order valence-corrected chi connectivity index (χ4v) is 2.75. The lowest BCUT2D eigenvalue weighted by Gasteiger charge is -2.20. The number of aromatic carboxylic acids is 1. The maximum atomic E-state index is 11.4. The van der Waals surface area contributed by atoms with Gasteiger partial charge in [0.1, 0.15) is 5.56 Å². The summed E-state index contributed by atoms with van der Waals surface area (Å²) in [6, 6.07) is 1.58. The molecule has 0 aliphatic carbocycles. The molecule has 0 saturated carbocycles. The number of carboxylic acid groups (broad SMARTS) is 1. The van der Waals surface area contributed by atoms with Gasteiger partial charge in [-0.1, -0.05) is 11.6 Å². The first-order chi connectivity index (χ1) is 10.1. The second kappa shape index (κ2) is 5.59. The van der Waals surface area contributed by atoms with Gasteiger partial charge in [-0.3, -0.25) is 0 Å². The summed E-state index contributed by atoms with van der Waals surface area (Å²) in [5.41, 5.74) is 1.02. The van der Waals surface area contributed by atoms with E-state index in [1.165, 1.54) is 10.7 Å². The fourth-order valence-electron chi connectivity index (χ4n) is 2.58. The first-order valence-electron chi connectivity index (χ1n) is 6.70. The van der Waals surface area contributed by atoms with E-state index in [1.54, 1.807) is 6.07 Å². The molecule has 2 N–H and O–H groups in total. The van der Waals surface area contributed by atoms with Gasteiger partial charge in [0.05, 0.1) is 17.9 Å². The normalized spacial score (nSPS) is 20.0. The average molecular weight is 311 g/mol. The number of nitrogens with one attached hydrogen (secondary N) is 1. The Morgan fingerprint density at radius 1 is 1.67 bits per heavy atom. The molecule has 2 atom stereocenters. The highest BCUT2D eigenvalue weighted by atomic mass is 35.5. The number of halogens is 1. The van der Waals surface area contributed by atoms with Gasteiger partial charge < -0.3 is 15.2 Å². The predicted molar refractivity (Wildman–Crippen MR) is 75.7 cm³/mol. The molecule has 0 bridgehead atoms. The van der Waals surface area contributed by atoms with Crippen LogP contribution in [0.5, 0.6) is 0 Å². The quantitative estimate of drug-likeness (QED) is 0.890. The standard InChI is InChI=1S/C13H15ClN4O3/c1-7(21-8-2-3-15-5-8)12-9(13(19)20)6-16-11-4-10(14)17-18(11)12/h4,6-8,15H,2-3,5H2,1H3,(H,19,20)/t7-,8+/m0/s1. The van der Waals surface area contributed by atoms with Crippen LogP contribution in [-0.4, -0.2) is 44.9 Å². The van der Waals surface area contributed by atoms with Gasteiger partial charge >= 0.3 is 5.97 Å². The van der Waals surface area contributed by atoms with Crippen LogP contribution in [-0.2, 0) is 4.74 Å². The maximum Gasteiger partial charge on any atom is 0.339 e. The summed E-state index contributed by atoms with van der Waals surface area (Å²) >= 11 is 5.89. The minimum Gasteiger partial charge on any atom is -0.478 e. The zero-order chi connectivity index (χ0) is 15.0. The number of ether oxygens (including phenoxy) is 1. The third-order valence-corrected chi connectivity index (χ3v) is 3.70. The lowest BCUT2D eigenvalue weighted by Crippen LogP contribution is -2.22. The lowest BCUT2D eigenvalue weighted by molar-refractivity contribution is 0.00394. The second-order valence-corrected chi connectivity index (χ2v) is 5.38. The number of hydrogen-bond donors (Lipinski definition) is 2. The monoisotopic (exact) mass is 310 g/mol. The third-order valence-electron chi connectivity index (χ3n) is 3.52. The number of carbonyl (C=O) groups is 1. The molecule has 0 amide bonds. The molecule has 1 fully saturated rings. The van der Waals surface area contributed by atoms with Gasteiger partial charge in [-0.2, -0.15) is 5.10 Å². The van der Waals surface area contributed by atoms with Crippen molar-refractivity contribution < 1.29 is 14.6 Å². The summed E-state index contributed by atoms with van der Waals surface area (Å²) in [6.07, 6.45) is 1.86. The van der Waals surface area contributed by atoms with Crippen molar-refractivity contribution in [3.05, 3.63) is 28.7 Å². The summed E-state index contributed by atoms with van der Waals surface area (Å²) in [5.74, 6) is -1.06. The third kappa shape index (κ3) is 2.72. The van der Waals surface area contributed by atoms with Gasteiger partial charge in [-0.25, -0.2) is 14.3 Å². The van der Waals surface area contributed by atoms with E-state index in [0.717, 1.165) is 19.5 Å². The predicted octanol–water partition coefficient (Wildman–Crippen LogP) is 1.52. The van der Waals surface area contributed by atoms with Crippen LogP contribution < -0.4 is 5.32 Å². The SMILES string of the molecule is C[C@H](O[C@@H]1CCNC1)c1c(C(=O)O)cnc2cc(Cl)nn12. The molecule has 2 aromatic heterocycles. The van der Waals surface area contributed by atoms with Gasteiger partial charge in [0, 0.05) is 18.8 Å². The molecule has 3 rings (SSSR count). The Labute approximate surface area is 125 Å². The van der Waals surface area contributed by atoms with Crippen LogP contribution in [0.25, 0.3) is 5.65 Å². The van der Waals surface area contributed by atoms with E-state index in [0.29, 0.717) is 11.3 Å². The van der Waals surface area contributed by atoms with Crippen molar-refractivity contribution >= 4 is 23.2 Å². The second-order valence-electron chi connectivity index (χ2n) is 4.99. The molecule has 3 heterocycles. The van der Waals surface area contributed by atoms with E-state index in [-0.39, 0.29) is 16.8 Å². The Hall–Kier alpha value is -1.70. The molecule has 1 aliphatic rings. The van der Waals surface area contributed by atoms with Crippen LogP contribution in [0.3, 0.4) is 0 Å². The van der Waals surface area contributed by atoms with Crippen molar-refractivity contribution in [3.63, 3.8) is 0 Å². The lowest BCUT2D eigenvalue weighted by atomic mass is 10.1.